The largest absolute Gasteiger partial charge is 0.354 e. The Hall–Kier alpha value is -2.37. The van der Waals surface area contributed by atoms with Gasteiger partial charge in [0.25, 0.3) is 5.91 Å². The lowest BCUT2D eigenvalue weighted by Crippen LogP contribution is -2.39. The van der Waals surface area contributed by atoms with Crippen LogP contribution in [0.3, 0.4) is 0 Å². The van der Waals surface area contributed by atoms with Crippen molar-refractivity contribution in [2.45, 2.75) is 13.0 Å². The normalized spacial score (nSPS) is 12.4. The summed E-state index contributed by atoms with van der Waals surface area (Å²) < 4.78 is 0. The van der Waals surface area contributed by atoms with Crippen molar-refractivity contribution in [3.8, 4) is 0 Å². The molecule has 2 unspecified atom stereocenters. The SMILES string of the molecule is CC(C(=O)NCCNC(=O)c1ccccc1)C(N)c1ccccc1.Cl. The van der Waals surface area contributed by atoms with Crippen LogP contribution in [0.1, 0.15) is 28.9 Å². The van der Waals surface area contributed by atoms with E-state index >= 15 is 0 Å². The fourth-order valence-electron chi connectivity index (χ4n) is 2.34. The molecule has 0 radical (unpaired) electrons. The second-order valence-corrected chi connectivity index (χ2v) is 5.64. The number of hydrogen-bond donors (Lipinski definition) is 3. The first-order valence-electron chi connectivity index (χ1n) is 8.01. The quantitative estimate of drug-likeness (QED) is 0.661. The first-order chi connectivity index (χ1) is 11.6. The zero-order valence-electron chi connectivity index (χ0n) is 14.1. The van der Waals surface area contributed by atoms with Gasteiger partial charge in [0.15, 0.2) is 0 Å². The van der Waals surface area contributed by atoms with Gasteiger partial charge in [0.1, 0.15) is 0 Å². The van der Waals surface area contributed by atoms with E-state index in [1.54, 1.807) is 19.1 Å². The molecule has 0 fully saturated rings. The van der Waals surface area contributed by atoms with Crippen LogP contribution in [0.4, 0.5) is 0 Å². The molecule has 2 atom stereocenters. The third kappa shape index (κ3) is 6.21. The molecular formula is C19H24ClN3O2. The van der Waals surface area contributed by atoms with Gasteiger partial charge >= 0.3 is 0 Å². The van der Waals surface area contributed by atoms with Crippen molar-refractivity contribution in [3.05, 3.63) is 71.8 Å². The van der Waals surface area contributed by atoms with E-state index in [1.807, 2.05) is 48.5 Å². The molecule has 0 heterocycles. The molecule has 2 aromatic carbocycles. The van der Waals surface area contributed by atoms with Gasteiger partial charge in [-0.1, -0.05) is 55.5 Å². The second kappa shape index (κ2) is 10.5. The third-order valence-corrected chi connectivity index (χ3v) is 3.88. The van der Waals surface area contributed by atoms with Gasteiger partial charge in [0.2, 0.25) is 5.91 Å². The molecule has 0 aliphatic rings. The van der Waals surface area contributed by atoms with E-state index in [9.17, 15) is 9.59 Å². The predicted molar refractivity (Wildman–Crippen MR) is 102 cm³/mol. The topological polar surface area (TPSA) is 84.2 Å². The fourth-order valence-corrected chi connectivity index (χ4v) is 2.34. The lowest BCUT2D eigenvalue weighted by atomic mass is 9.95. The van der Waals surface area contributed by atoms with Crippen molar-refractivity contribution in [2.75, 3.05) is 13.1 Å². The molecule has 0 aromatic heterocycles. The number of carbonyl (C=O) groups excluding carboxylic acids is 2. The van der Waals surface area contributed by atoms with E-state index in [1.165, 1.54) is 0 Å². The van der Waals surface area contributed by atoms with Gasteiger partial charge in [0.05, 0.1) is 5.92 Å². The Kier molecular flexibility index (Phi) is 8.67. The Morgan fingerprint density at radius 1 is 0.920 bits per heavy atom. The van der Waals surface area contributed by atoms with Crippen molar-refractivity contribution >= 4 is 24.2 Å². The minimum atomic E-state index is -0.356. The smallest absolute Gasteiger partial charge is 0.251 e. The maximum Gasteiger partial charge on any atom is 0.251 e. The molecule has 0 bridgehead atoms. The molecule has 0 spiro atoms. The predicted octanol–water partition coefficient (Wildman–Crippen LogP) is 2.29. The number of halogens is 1. The molecule has 2 amide bonds. The minimum absolute atomic E-state index is 0. The van der Waals surface area contributed by atoms with E-state index in [-0.39, 0.29) is 36.2 Å². The number of hydrogen-bond acceptors (Lipinski definition) is 3. The maximum absolute atomic E-state index is 12.2. The Morgan fingerprint density at radius 2 is 1.44 bits per heavy atom. The molecule has 0 saturated heterocycles. The molecule has 0 aliphatic heterocycles. The molecular weight excluding hydrogens is 338 g/mol. The Bertz CT molecular complexity index is 665. The summed E-state index contributed by atoms with van der Waals surface area (Å²) in [5, 5.41) is 5.58. The van der Waals surface area contributed by atoms with Crippen LogP contribution in [0.15, 0.2) is 60.7 Å². The number of nitrogens with one attached hydrogen (secondary N) is 2. The fraction of sp³-hybridized carbons (Fsp3) is 0.263. The number of nitrogens with two attached hydrogens (primary N) is 1. The lowest BCUT2D eigenvalue weighted by molar-refractivity contribution is -0.125. The van der Waals surface area contributed by atoms with Gasteiger partial charge in [-0.25, -0.2) is 0 Å². The molecule has 0 aliphatic carbocycles. The van der Waals surface area contributed by atoms with Crippen molar-refractivity contribution in [1.29, 1.82) is 0 Å². The van der Waals surface area contributed by atoms with Crippen molar-refractivity contribution < 1.29 is 9.59 Å². The average molecular weight is 362 g/mol. The summed E-state index contributed by atoms with van der Waals surface area (Å²) in [6.45, 7) is 2.53. The lowest BCUT2D eigenvalue weighted by Gasteiger charge is -2.19. The highest BCUT2D eigenvalue weighted by atomic mass is 35.5. The van der Waals surface area contributed by atoms with Gasteiger partial charge in [-0.05, 0) is 17.7 Å². The highest BCUT2D eigenvalue weighted by Gasteiger charge is 2.21. The second-order valence-electron chi connectivity index (χ2n) is 5.64. The molecule has 5 nitrogen and oxygen atoms in total. The molecule has 6 heteroatoms. The molecule has 2 rings (SSSR count). The zero-order chi connectivity index (χ0) is 17.4. The van der Waals surface area contributed by atoms with Crippen LogP contribution in [0, 0.1) is 5.92 Å². The van der Waals surface area contributed by atoms with E-state index in [2.05, 4.69) is 10.6 Å². The highest BCUT2D eigenvalue weighted by Crippen LogP contribution is 2.18. The van der Waals surface area contributed by atoms with Crippen LogP contribution < -0.4 is 16.4 Å². The minimum Gasteiger partial charge on any atom is -0.354 e. The third-order valence-electron chi connectivity index (χ3n) is 3.88. The molecule has 0 saturated carbocycles. The summed E-state index contributed by atoms with van der Waals surface area (Å²) in [5.74, 6) is -0.628. The molecule has 2 aromatic rings. The molecule has 25 heavy (non-hydrogen) atoms. The van der Waals surface area contributed by atoms with Crippen molar-refractivity contribution in [2.24, 2.45) is 11.7 Å². The number of amides is 2. The van der Waals surface area contributed by atoms with E-state index in [0.29, 0.717) is 18.7 Å². The van der Waals surface area contributed by atoms with Crippen LogP contribution >= 0.6 is 12.4 Å². The van der Waals surface area contributed by atoms with Gasteiger partial charge in [0, 0.05) is 24.7 Å². The van der Waals surface area contributed by atoms with E-state index in [0.717, 1.165) is 5.56 Å². The average Bonchev–Trinajstić information content (AvgIpc) is 2.65. The van der Waals surface area contributed by atoms with Gasteiger partial charge in [-0.2, -0.15) is 0 Å². The first kappa shape index (κ1) is 20.7. The summed E-state index contributed by atoms with van der Waals surface area (Å²) in [6, 6.07) is 18.1. The van der Waals surface area contributed by atoms with Crippen LogP contribution in [-0.2, 0) is 4.79 Å². The zero-order valence-corrected chi connectivity index (χ0v) is 15.0. The van der Waals surface area contributed by atoms with Crippen LogP contribution in [0.5, 0.6) is 0 Å². The molecule has 134 valence electrons. The van der Waals surface area contributed by atoms with Gasteiger partial charge in [-0.3, -0.25) is 9.59 Å². The maximum atomic E-state index is 12.2. The molecule has 4 N–H and O–H groups in total. The number of benzene rings is 2. The summed E-state index contributed by atoms with van der Waals surface area (Å²) >= 11 is 0. The Morgan fingerprint density at radius 3 is 2.04 bits per heavy atom. The first-order valence-corrected chi connectivity index (χ1v) is 8.01. The monoisotopic (exact) mass is 361 g/mol. The Labute approximate surface area is 154 Å². The van der Waals surface area contributed by atoms with Crippen LogP contribution in [0.2, 0.25) is 0 Å². The summed E-state index contributed by atoms with van der Waals surface area (Å²) in [4.78, 5) is 24.0. The van der Waals surface area contributed by atoms with Gasteiger partial charge in [-0.15, -0.1) is 12.4 Å². The summed E-state index contributed by atoms with van der Waals surface area (Å²) in [6.07, 6.45) is 0. The van der Waals surface area contributed by atoms with E-state index < -0.39 is 0 Å². The Balaban J connectivity index is 0.00000312. The standard InChI is InChI=1S/C19H23N3O2.ClH/c1-14(17(20)15-8-4-2-5-9-15)18(23)21-12-13-22-19(24)16-10-6-3-7-11-16;/h2-11,14,17H,12-13,20H2,1H3,(H,21,23)(H,22,24);1H. The van der Waals surface area contributed by atoms with E-state index in [4.69, 9.17) is 5.73 Å². The summed E-state index contributed by atoms with van der Waals surface area (Å²) in [7, 11) is 0. The highest BCUT2D eigenvalue weighted by molar-refractivity contribution is 5.94. The van der Waals surface area contributed by atoms with Crippen molar-refractivity contribution in [1.82, 2.24) is 10.6 Å². The number of rotatable bonds is 7. The summed E-state index contributed by atoms with van der Waals surface area (Å²) in [5.41, 5.74) is 7.67. The van der Waals surface area contributed by atoms with Crippen LogP contribution in [-0.4, -0.2) is 24.9 Å². The van der Waals surface area contributed by atoms with Crippen LogP contribution in [0.25, 0.3) is 0 Å². The van der Waals surface area contributed by atoms with Gasteiger partial charge < -0.3 is 16.4 Å². The van der Waals surface area contributed by atoms with Crippen molar-refractivity contribution in [3.63, 3.8) is 0 Å². The number of carbonyl (C=O) groups is 2.